The number of nitrogens with zero attached hydrogens (tertiary/aromatic N) is 2. The first kappa shape index (κ1) is 22.1. The summed E-state index contributed by atoms with van der Waals surface area (Å²) in [5, 5.41) is 13.8. The van der Waals surface area contributed by atoms with Gasteiger partial charge in [0.05, 0.1) is 35.8 Å². The van der Waals surface area contributed by atoms with Gasteiger partial charge in [0, 0.05) is 11.8 Å². The number of nitrogens with one attached hydrogen (secondary N) is 2. The minimum atomic E-state index is -0.495. The van der Waals surface area contributed by atoms with Crippen LogP contribution in [0.2, 0.25) is 0 Å². The van der Waals surface area contributed by atoms with E-state index >= 15 is 0 Å². The minimum absolute atomic E-state index is 0.0281. The van der Waals surface area contributed by atoms with Gasteiger partial charge < -0.3 is 24.9 Å². The molecule has 0 amide bonds. The second kappa shape index (κ2) is 9.62. The molecular weight excluding hydrogens is 432 g/mol. The molecule has 0 radical (unpaired) electrons. The van der Waals surface area contributed by atoms with Crippen molar-refractivity contribution in [3.05, 3.63) is 78.2 Å². The van der Waals surface area contributed by atoms with Gasteiger partial charge in [-0.25, -0.2) is 9.97 Å². The Morgan fingerprint density at radius 2 is 1.88 bits per heavy atom. The standard InChI is InChI=1S/C26H26N4O4/c1-16(31)22-12-9-18(14-33-22)30-26-23-21(13-27-25(23)28-15-29-26)24(32)17-7-10-20(11-8-17)34-19-5-3-2-4-6-19/h2-8,10-11,13,15-16,18,22,31H,9,12,14H2,1H3,(H2,27,28,29,30)/t16?,18-,22+/m1/s1. The summed E-state index contributed by atoms with van der Waals surface area (Å²) in [4.78, 5) is 25.1. The highest BCUT2D eigenvalue weighted by molar-refractivity contribution is 6.18. The number of benzene rings is 2. The molecule has 8 nitrogen and oxygen atoms in total. The lowest BCUT2D eigenvalue weighted by Crippen LogP contribution is -2.39. The zero-order chi connectivity index (χ0) is 23.5. The van der Waals surface area contributed by atoms with Crippen molar-refractivity contribution in [3.63, 3.8) is 0 Å². The third kappa shape index (κ3) is 4.64. The Bertz CT molecular complexity index is 1260. The van der Waals surface area contributed by atoms with E-state index < -0.39 is 6.10 Å². The first-order valence-corrected chi connectivity index (χ1v) is 11.3. The fourth-order valence-corrected chi connectivity index (χ4v) is 4.17. The summed E-state index contributed by atoms with van der Waals surface area (Å²) in [6.07, 6.45) is 4.07. The molecule has 0 aliphatic carbocycles. The second-order valence-corrected chi connectivity index (χ2v) is 8.45. The molecule has 0 bridgehead atoms. The Morgan fingerprint density at radius 3 is 2.59 bits per heavy atom. The summed E-state index contributed by atoms with van der Waals surface area (Å²) in [7, 11) is 0. The maximum absolute atomic E-state index is 13.4. The van der Waals surface area contributed by atoms with Crippen molar-refractivity contribution in [3.8, 4) is 11.5 Å². The van der Waals surface area contributed by atoms with Gasteiger partial charge in [-0.05, 0) is 56.2 Å². The maximum atomic E-state index is 13.4. The molecule has 174 valence electrons. The molecule has 1 aliphatic rings. The number of hydrogen-bond acceptors (Lipinski definition) is 7. The van der Waals surface area contributed by atoms with Crippen LogP contribution >= 0.6 is 0 Å². The highest BCUT2D eigenvalue weighted by Gasteiger charge is 2.26. The van der Waals surface area contributed by atoms with E-state index in [1.54, 1.807) is 37.4 Å². The number of ketones is 1. The van der Waals surface area contributed by atoms with Crippen LogP contribution in [0.5, 0.6) is 11.5 Å². The van der Waals surface area contributed by atoms with E-state index in [1.807, 2.05) is 30.3 Å². The van der Waals surface area contributed by atoms with Crippen LogP contribution < -0.4 is 10.1 Å². The van der Waals surface area contributed by atoms with Gasteiger partial charge in [0.15, 0.2) is 5.78 Å². The summed E-state index contributed by atoms with van der Waals surface area (Å²) in [5.41, 5.74) is 1.62. The Hall–Kier alpha value is -3.75. The number of rotatable bonds is 7. The molecule has 2 aromatic heterocycles. The van der Waals surface area contributed by atoms with Gasteiger partial charge in [-0.3, -0.25) is 4.79 Å². The van der Waals surface area contributed by atoms with Gasteiger partial charge in [-0.2, -0.15) is 0 Å². The van der Waals surface area contributed by atoms with Crippen molar-refractivity contribution in [1.82, 2.24) is 15.0 Å². The van der Waals surface area contributed by atoms with Gasteiger partial charge in [0.25, 0.3) is 0 Å². The number of hydrogen-bond donors (Lipinski definition) is 3. The van der Waals surface area contributed by atoms with Crippen molar-refractivity contribution < 1.29 is 19.4 Å². The number of anilines is 1. The first-order chi connectivity index (χ1) is 16.6. The SMILES string of the molecule is CC(O)[C@@H]1CC[C@@H](Nc2ncnc3[nH]cc(C(=O)c4ccc(Oc5ccccc5)cc4)c23)CO1. The summed E-state index contributed by atoms with van der Waals surface area (Å²) in [6, 6.07) is 16.6. The van der Waals surface area contributed by atoms with Crippen LogP contribution in [0, 0.1) is 0 Å². The normalized spacial score (nSPS) is 19.0. The van der Waals surface area contributed by atoms with Crippen molar-refractivity contribution >= 4 is 22.6 Å². The molecule has 3 atom stereocenters. The molecule has 8 heteroatoms. The van der Waals surface area contributed by atoms with E-state index in [0.717, 1.165) is 18.6 Å². The number of H-pyrrole nitrogens is 1. The predicted molar refractivity (Wildman–Crippen MR) is 128 cm³/mol. The predicted octanol–water partition coefficient (Wildman–Crippen LogP) is 4.32. The number of fused-ring (bicyclic) bond motifs is 1. The number of aliphatic hydroxyl groups excluding tert-OH is 1. The molecule has 3 N–H and O–H groups in total. The van der Waals surface area contributed by atoms with Crippen LogP contribution in [0.4, 0.5) is 5.82 Å². The molecule has 5 rings (SSSR count). The van der Waals surface area contributed by atoms with Gasteiger partial charge in [-0.1, -0.05) is 18.2 Å². The lowest BCUT2D eigenvalue weighted by Gasteiger charge is -2.31. The van der Waals surface area contributed by atoms with E-state index in [1.165, 1.54) is 6.33 Å². The van der Waals surface area contributed by atoms with E-state index in [4.69, 9.17) is 9.47 Å². The van der Waals surface area contributed by atoms with Crippen LogP contribution in [0.15, 0.2) is 67.1 Å². The van der Waals surface area contributed by atoms with Crippen LogP contribution in [0.25, 0.3) is 11.0 Å². The molecule has 1 saturated heterocycles. The lowest BCUT2D eigenvalue weighted by atomic mass is 10.0. The third-order valence-corrected chi connectivity index (χ3v) is 6.00. The zero-order valence-corrected chi connectivity index (χ0v) is 18.8. The summed E-state index contributed by atoms with van der Waals surface area (Å²) >= 11 is 0. The number of para-hydroxylation sites is 1. The number of ether oxygens (including phenoxy) is 2. The number of aliphatic hydroxyl groups is 1. The Labute approximate surface area is 197 Å². The summed E-state index contributed by atoms with van der Waals surface area (Å²) < 4.78 is 11.6. The van der Waals surface area contributed by atoms with Crippen molar-refractivity contribution in [2.75, 3.05) is 11.9 Å². The lowest BCUT2D eigenvalue weighted by molar-refractivity contribution is -0.0584. The molecule has 1 aliphatic heterocycles. The average molecular weight is 459 g/mol. The quantitative estimate of drug-likeness (QED) is 0.354. The number of aromatic amines is 1. The van der Waals surface area contributed by atoms with Gasteiger partial charge in [0.2, 0.25) is 0 Å². The zero-order valence-electron chi connectivity index (χ0n) is 18.8. The summed E-state index contributed by atoms with van der Waals surface area (Å²) in [5.74, 6) is 1.84. The molecule has 1 fully saturated rings. The first-order valence-electron chi connectivity index (χ1n) is 11.3. The van der Waals surface area contributed by atoms with Crippen LogP contribution in [-0.2, 0) is 4.74 Å². The summed E-state index contributed by atoms with van der Waals surface area (Å²) in [6.45, 7) is 2.20. The number of carbonyl (C=O) groups is 1. The monoisotopic (exact) mass is 458 g/mol. The van der Waals surface area contributed by atoms with Gasteiger partial charge in [-0.15, -0.1) is 0 Å². The average Bonchev–Trinajstić information content (AvgIpc) is 3.30. The number of carbonyl (C=O) groups excluding carboxylic acids is 1. The molecular formula is C26H26N4O4. The van der Waals surface area contributed by atoms with E-state index in [0.29, 0.717) is 40.3 Å². The maximum Gasteiger partial charge on any atom is 0.195 e. The molecule has 0 spiro atoms. The Kier molecular flexibility index (Phi) is 6.24. The highest BCUT2D eigenvalue weighted by Crippen LogP contribution is 2.29. The van der Waals surface area contributed by atoms with Crippen molar-refractivity contribution in [1.29, 1.82) is 0 Å². The van der Waals surface area contributed by atoms with Gasteiger partial charge in [0.1, 0.15) is 29.3 Å². The van der Waals surface area contributed by atoms with Crippen molar-refractivity contribution in [2.45, 2.75) is 38.0 Å². The van der Waals surface area contributed by atoms with Crippen molar-refractivity contribution in [2.24, 2.45) is 0 Å². The van der Waals surface area contributed by atoms with Gasteiger partial charge >= 0.3 is 0 Å². The largest absolute Gasteiger partial charge is 0.457 e. The fraction of sp³-hybridized carbons (Fsp3) is 0.269. The molecule has 3 heterocycles. The molecule has 2 aromatic carbocycles. The Morgan fingerprint density at radius 1 is 1.12 bits per heavy atom. The molecule has 1 unspecified atom stereocenters. The number of aromatic nitrogens is 3. The highest BCUT2D eigenvalue weighted by atomic mass is 16.5. The second-order valence-electron chi connectivity index (χ2n) is 8.45. The van der Waals surface area contributed by atoms with E-state index in [-0.39, 0.29) is 17.9 Å². The molecule has 34 heavy (non-hydrogen) atoms. The van der Waals surface area contributed by atoms with Crippen LogP contribution in [0.1, 0.15) is 35.7 Å². The van der Waals surface area contributed by atoms with Crippen LogP contribution in [0.3, 0.4) is 0 Å². The minimum Gasteiger partial charge on any atom is -0.457 e. The topological polar surface area (TPSA) is 109 Å². The molecule has 0 saturated carbocycles. The van der Waals surface area contributed by atoms with E-state index in [9.17, 15) is 9.90 Å². The smallest absolute Gasteiger partial charge is 0.195 e. The fourth-order valence-electron chi connectivity index (χ4n) is 4.17. The third-order valence-electron chi connectivity index (χ3n) is 6.00. The molecule has 4 aromatic rings. The van der Waals surface area contributed by atoms with Crippen LogP contribution in [-0.4, -0.2) is 50.7 Å². The Balaban J connectivity index is 1.35. The van der Waals surface area contributed by atoms with E-state index in [2.05, 4.69) is 20.3 Å².